The highest BCUT2D eigenvalue weighted by molar-refractivity contribution is 5.34. The minimum atomic E-state index is -0.941. The highest BCUT2D eigenvalue weighted by Crippen LogP contribution is 2.25. The Balaban J connectivity index is 2.57. The van der Waals surface area contributed by atoms with E-state index < -0.39 is 6.29 Å². The summed E-state index contributed by atoms with van der Waals surface area (Å²) in [5.74, 6) is 0.633. The summed E-state index contributed by atoms with van der Waals surface area (Å²) in [4.78, 5) is 0. The number of aliphatic hydroxyl groups is 1. The van der Waals surface area contributed by atoms with Crippen LogP contribution in [-0.4, -0.2) is 31.5 Å². The van der Waals surface area contributed by atoms with Crippen molar-refractivity contribution >= 4 is 0 Å². The molecule has 0 spiro atoms. The predicted molar refractivity (Wildman–Crippen MR) is 65.0 cm³/mol. The first-order valence-electron chi connectivity index (χ1n) is 5.88. The average molecular weight is 240 g/mol. The van der Waals surface area contributed by atoms with Crippen LogP contribution in [0.4, 0.5) is 0 Å². The van der Waals surface area contributed by atoms with E-state index in [0.29, 0.717) is 37.7 Å². The first-order chi connectivity index (χ1) is 8.29. The molecule has 1 aromatic rings. The number of ether oxygens (including phenoxy) is 3. The topological polar surface area (TPSA) is 47.9 Å². The largest absolute Gasteiger partial charge is 0.491 e. The lowest BCUT2D eigenvalue weighted by Gasteiger charge is -2.15. The molecule has 0 saturated carbocycles. The molecular weight excluding hydrogens is 220 g/mol. The van der Waals surface area contributed by atoms with E-state index in [2.05, 4.69) is 0 Å². The molecule has 0 aliphatic rings. The zero-order valence-electron chi connectivity index (χ0n) is 10.4. The van der Waals surface area contributed by atoms with Gasteiger partial charge in [-0.25, -0.2) is 0 Å². The van der Waals surface area contributed by atoms with Crippen LogP contribution in [-0.2, 0) is 9.47 Å². The fraction of sp³-hybridized carbons (Fsp3) is 0.538. The van der Waals surface area contributed by atoms with Crippen molar-refractivity contribution in [3.63, 3.8) is 0 Å². The molecule has 17 heavy (non-hydrogen) atoms. The molecule has 1 atom stereocenters. The Hall–Kier alpha value is -1.10. The summed E-state index contributed by atoms with van der Waals surface area (Å²) in [6.45, 7) is 5.90. The van der Waals surface area contributed by atoms with Crippen LogP contribution in [0.25, 0.3) is 0 Å². The highest BCUT2D eigenvalue weighted by Gasteiger charge is 2.12. The summed E-state index contributed by atoms with van der Waals surface area (Å²) in [7, 11) is 0. The third kappa shape index (κ3) is 4.73. The molecule has 0 saturated heterocycles. The summed E-state index contributed by atoms with van der Waals surface area (Å²) in [5, 5.41) is 9.77. The van der Waals surface area contributed by atoms with Crippen LogP contribution >= 0.6 is 0 Å². The fourth-order valence-corrected chi connectivity index (χ4v) is 1.42. The molecule has 0 aromatic heterocycles. The number of hydrogen-bond acceptors (Lipinski definition) is 4. The second-order valence-corrected chi connectivity index (χ2v) is 3.39. The Morgan fingerprint density at radius 1 is 1.12 bits per heavy atom. The fourth-order valence-electron chi connectivity index (χ4n) is 1.42. The molecule has 1 unspecified atom stereocenters. The van der Waals surface area contributed by atoms with Gasteiger partial charge in [0.15, 0.2) is 6.29 Å². The molecule has 1 N–H and O–H groups in total. The SMILES string of the molecule is CCOCCOc1ccccc1C(O)OCC. The third-order valence-electron chi connectivity index (χ3n) is 2.20. The summed E-state index contributed by atoms with van der Waals surface area (Å²) in [6, 6.07) is 7.30. The maximum absolute atomic E-state index is 9.77. The zero-order valence-corrected chi connectivity index (χ0v) is 10.4. The van der Waals surface area contributed by atoms with Gasteiger partial charge in [0.1, 0.15) is 12.4 Å². The lowest BCUT2D eigenvalue weighted by atomic mass is 10.2. The van der Waals surface area contributed by atoms with Gasteiger partial charge in [0.2, 0.25) is 0 Å². The lowest BCUT2D eigenvalue weighted by Crippen LogP contribution is -2.10. The zero-order chi connectivity index (χ0) is 12.5. The second-order valence-electron chi connectivity index (χ2n) is 3.39. The van der Waals surface area contributed by atoms with Crippen LogP contribution in [0.2, 0.25) is 0 Å². The smallest absolute Gasteiger partial charge is 0.184 e. The Morgan fingerprint density at radius 2 is 1.88 bits per heavy atom. The molecule has 0 heterocycles. The van der Waals surface area contributed by atoms with Gasteiger partial charge in [-0.15, -0.1) is 0 Å². The summed E-state index contributed by atoms with van der Waals surface area (Å²) in [6.07, 6.45) is -0.941. The molecule has 1 aromatic carbocycles. The Morgan fingerprint density at radius 3 is 2.59 bits per heavy atom. The summed E-state index contributed by atoms with van der Waals surface area (Å²) >= 11 is 0. The van der Waals surface area contributed by atoms with Crippen molar-refractivity contribution < 1.29 is 19.3 Å². The molecule has 0 amide bonds. The summed E-state index contributed by atoms with van der Waals surface area (Å²) in [5.41, 5.74) is 0.644. The molecule has 0 radical (unpaired) electrons. The Bertz CT molecular complexity index is 314. The van der Waals surface area contributed by atoms with Crippen LogP contribution in [0, 0.1) is 0 Å². The number of para-hydroxylation sites is 1. The molecule has 0 bridgehead atoms. The quantitative estimate of drug-likeness (QED) is 0.558. The van der Waals surface area contributed by atoms with Crippen molar-refractivity contribution in [3.05, 3.63) is 29.8 Å². The van der Waals surface area contributed by atoms with Gasteiger partial charge in [0.25, 0.3) is 0 Å². The van der Waals surface area contributed by atoms with Crippen LogP contribution in [0.1, 0.15) is 25.7 Å². The van der Waals surface area contributed by atoms with Crippen LogP contribution in [0.5, 0.6) is 5.75 Å². The van der Waals surface area contributed by atoms with Gasteiger partial charge in [0, 0.05) is 18.8 Å². The average Bonchev–Trinajstić information content (AvgIpc) is 2.35. The number of rotatable bonds is 8. The summed E-state index contributed by atoms with van der Waals surface area (Å²) < 4.78 is 15.9. The van der Waals surface area contributed by atoms with E-state index in [1.54, 1.807) is 6.07 Å². The van der Waals surface area contributed by atoms with Crippen molar-refractivity contribution in [2.75, 3.05) is 26.4 Å². The second kappa shape index (κ2) is 8.06. The number of aliphatic hydroxyl groups excluding tert-OH is 1. The van der Waals surface area contributed by atoms with E-state index in [-0.39, 0.29) is 0 Å². The van der Waals surface area contributed by atoms with Crippen molar-refractivity contribution in [1.29, 1.82) is 0 Å². The number of benzene rings is 1. The van der Waals surface area contributed by atoms with Gasteiger partial charge in [-0.2, -0.15) is 0 Å². The van der Waals surface area contributed by atoms with Gasteiger partial charge in [-0.1, -0.05) is 18.2 Å². The maximum Gasteiger partial charge on any atom is 0.184 e. The normalized spacial score (nSPS) is 12.4. The lowest BCUT2D eigenvalue weighted by molar-refractivity contribution is -0.0992. The van der Waals surface area contributed by atoms with Crippen molar-refractivity contribution in [1.82, 2.24) is 0 Å². The van der Waals surface area contributed by atoms with Crippen LogP contribution in [0.3, 0.4) is 0 Å². The molecule has 0 aliphatic heterocycles. The van der Waals surface area contributed by atoms with Gasteiger partial charge in [-0.05, 0) is 19.9 Å². The van der Waals surface area contributed by atoms with E-state index in [1.165, 1.54) is 0 Å². The standard InChI is InChI=1S/C13H20O4/c1-3-15-9-10-17-12-8-6-5-7-11(12)13(14)16-4-2/h5-8,13-14H,3-4,9-10H2,1-2H3. The molecule has 4 heteroatoms. The minimum absolute atomic E-state index is 0.453. The monoisotopic (exact) mass is 240 g/mol. The van der Waals surface area contributed by atoms with Gasteiger partial charge < -0.3 is 19.3 Å². The maximum atomic E-state index is 9.77. The first kappa shape index (κ1) is 14.0. The van der Waals surface area contributed by atoms with E-state index in [1.807, 2.05) is 32.0 Å². The minimum Gasteiger partial charge on any atom is -0.491 e. The molecule has 0 aliphatic carbocycles. The predicted octanol–water partition coefficient (Wildman–Crippen LogP) is 2.13. The Kier molecular flexibility index (Phi) is 6.62. The van der Waals surface area contributed by atoms with Crippen LogP contribution < -0.4 is 4.74 Å². The van der Waals surface area contributed by atoms with Gasteiger partial charge in [-0.3, -0.25) is 0 Å². The van der Waals surface area contributed by atoms with Crippen molar-refractivity contribution in [2.24, 2.45) is 0 Å². The molecule has 0 fully saturated rings. The number of hydrogen-bond donors (Lipinski definition) is 1. The van der Waals surface area contributed by atoms with E-state index in [0.717, 1.165) is 0 Å². The van der Waals surface area contributed by atoms with Crippen LogP contribution in [0.15, 0.2) is 24.3 Å². The van der Waals surface area contributed by atoms with E-state index >= 15 is 0 Å². The van der Waals surface area contributed by atoms with Gasteiger partial charge >= 0.3 is 0 Å². The molecular formula is C13H20O4. The van der Waals surface area contributed by atoms with E-state index in [9.17, 15) is 5.11 Å². The highest BCUT2D eigenvalue weighted by atomic mass is 16.6. The first-order valence-corrected chi connectivity index (χ1v) is 5.88. The molecule has 4 nitrogen and oxygen atoms in total. The van der Waals surface area contributed by atoms with Crippen molar-refractivity contribution in [3.8, 4) is 5.75 Å². The molecule has 1 rings (SSSR count). The third-order valence-corrected chi connectivity index (χ3v) is 2.20. The molecule has 96 valence electrons. The Labute approximate surface area is 102 Å². The van der Waals surface area contributed by atoms with Gasteiger partial charge in [0.05, 0.1) is 6.61 Å². The van der Waals surface area contributed by atoms with E-state index in [4.69, 9.17) is 14.2 Å². The van der Waals surface area contributed by atoms with Crippen molar-refractivity contribution in [2.45, 2.75) is 20.1 Å².